The van der Waals surface area contributed by atoms with Crippen LogP contribution in [-0.4, -0.2) is 19.5 Å². The molecule has 11 rings (SSSR count). The monoisotopic (exact) mass is 732 g/mol. The molecule has 0 aliphatic heterocycles. The summed E-state index contributed by atoms with van der Waals surface area (Å²) in [6.07, 6.45) is 0. The number of hydrogen-bond acceptors (Lipinski definition) is 4. The first-order chi connectivity index (χ1) is 27.8. The molecule has 0 bridgehead atoms. The van der Waals surface area contributed by atoms with Gasteiger partial charge >= 0.3 is 0 Å². The third-order valence-corrected chi connectivity index (χ3v) is 11.8. The Morgan fingerprint density at radius 3 is 1.62 bits per heavy atom. The SMILES string of the molecule is c1ccc(-c2cc(-c3ccccc3)c3c(c2)c2ccccc2n3-c2ccc3c(c2)sc2cccc(-c4nc(-c5ccccc5)nc(-c5ccccc5)n4)c23)cc1. The zero-order valence-corrected chi connectivity index (χ0v) is 31.0. The molecule has 0 aliphatic carbocycles. The molecule has 0 unspecified atom stereocenters. The normalized spacial score (nSPS) is 11.6. The molecule has 4 nitrogen and oxygen atoms in total. The zero-order chi connectivity index (χ0) is 37.0. The lowest BCUT2D eigenvalue weighted by Crippen LogP contribution is -2.00. The van der Waals surface area contributed by atoms with Gasteiger partial charge in [0.2, 0.25) is 0 Å². The van der Waals surface area contributed by atoms with Gasteiger partial charge in [-0.15, -0.1) is 11.3 Å². The average Bonchev–Trinajstić information content (AvgIpc) is 3.82. The van der Waals surface area contributed by atoms with Crippen LogP contribution >= 0.6 is 11.3 Å². The Bertz CT molecular complexity index is 3170. The van der Waals surface area contributed by atoms with Gasteiger partial charge in [0.1, 0.15) is 0 Å². The van der Waals surface area contributed by atoms with Crippen molar-refractivity contribution in [3.63, 3.8) is 0 Å². The van der Waals surface area contributed by atoms with Crippen LogP contribution in [0.2, 0.25) is 0 Å². The van der Waals surface area contributed by atoms with Crippen molar-refractivity contribution in [3.8, 4) is 62.1 Å². The number of fused-ring (bicyclic) bond motifs is 6. The van der Waals surface area contributed by atoms with E-state index in [1.165, 1.54) is 58.8 Å². The van der Waals surface area contributed by atoms with E-state index in [2.05, 4.69) is 162 Å². The van der Waals surface area contributed by atoms with Crippen molar-refractivity contribution in [2.75, 3.05) is 0 Å². The summed E-state index contributed by atoms with van der Waals surface area (Å²) in [6, 6.07) is 68.7. The fourth-order valence-electron chi connectivity index (χ4n) is 8.07. The number of rotatable bonds is 6. The van der Waals surface area contributed by atoms with Gasteiger partial charge in [-0.05, 0) is 53.1 Å². The molecule has 0 saturated heterocycles. The van der Waals surface area contributed by atoms with Crippen molar-refractivity contribution in [3.05, 3.63) is 194 Å². The summed E-state index contributed by atoms with van der Waals surface area (Å²) in [6.45, 7) is 0. The van der Waals surface area contributed by atoms with Crippen LogP contribution in [0.15, 0.2) is 194 Å². The first-order valence-electron chi connectivity index (χ1n) is 18.8. The molecular formula is C51H32N4S. The first kappa shape index (κ1) is 32.2. The predicted molar refractivity (Wildman–Crippen MR) is 234 cm³/mol. The molecule has 3 aromatic heterocycles. The standard InChI is InChI=1S/C51H32N4S/c1-5-16-33(17-6-1)37-30-42(34-18-7-2-8-19-34)48-43(31-37)39-24-13-14-26-44(39)55(48)38-28-29-40-46(32-38)56-45-27-15-25-41(47(40)45)51-53-49(35-20-9-3-10-21-35)52-50(54-51)36-22-11-4-12-23-36/h1-32H. The Balaban J connectivity index is 1.14. The lowest BCUT2D eigenvalue weighted by atomic mass is 9.95. The maximum absolute atomic E-state index is 5.11. The molecule has 5 heteroatoms. The van der Waals surface area contributed by atoms with Crippen LogP contribution in [-0.2, 0) is 0 Å². The Kier molecular flexibility index (Phi) is 7.64. The van der Waals surface area contributed by atoms with Crippen molar-refractivity contribution in [2.24, 2.45) is 0 Å². The molecule has 0 amide bonds. The van der Waals surface area contributed by atoms with Gasteiger partial charge in [-0.2, -0.15) is 0 Å². The highest BCUT2D eigenvalue weighted by Gasteiger charge is 2.21. The summed E-state index contributed by atoms with van der Waals surface area (Å²) in [7, 11) is 0. The third-order valence-electron chi connectivity index (χ3n) is 10.6. The smallest absolute Gasteiger partial charge is 0.164 e. The van der Waals surface area contributed by atoms with E-state index in [4.69, 9.17) is 15.0 Å². The van der Waals surface area contributed by atoms with Crippen molar-refractivity contribution in [1.29, 1.82) is 0 Å². The fourth-order valence-corrected chi connectivity index (χ4v) is 9.23. The van der Waals surface area contributed by atoms with E-state index in [0.29, 0.717) is 17.5 Å². The molecule has 0 aliphatic rings. The van der Waals surface area contributed by atoms with Crippen molar-refractivity contribution in [1.82, 2.24) is 19.5 Å². The lowest BCUT2D eigenvalue weighted by molar-refractivity contribution is 1.08. The highest BCUT2D eigenvalue weighted by molar-refractivity contribution is 7.26. The zero-order valence-electron chi connectivity index (χ0n) is 30.2. The van der Waals surface area contributed by atoms with E-state index in [0.717, 1.165) is 27.8 Å². The number of aromatic nitrogens is 4. The highest BCUT2D eigenvalue weighted by Crippen LogP contribution is 2.44. The summed E-state index contributed by atoms with van der Waals surface area (Å²) in [5.41, 5.74) is 11.2. The number of para-hydroxylation sites is 1. The van der Waals surface area contributed by atoms with Crippen LogP contribution < -0.4 is 0 Å². The molecule has 3 heterocycles. The molecule has 262 valence electrons. The van der Waals surface area contributed by atoms with Crippen LogP contribution in [0.1, 0.15) is 0 Å². The highest BCUT2D eigenvalue weighted by atomic mass is 32.1. The molecule has 0 fully saturated rings. The minimum atomic E-state index is 0.657. The van der Waals surface area contributed by atoms with Gasteiger partial charge in [0.05, 0.1) is 11.0 Å². The van der Waals surface area contributed by atoms with E-state index in [1.54, 1.807) is 0 Å². The summed E-state index contributed by atoms with van der Waals surface area (Å²) in [4.78, 5) is 15.2. The van der Waals surface area contributed by atoms with E-state index in [1.807, 2.05) is 47.7 Å². The quantitative estimate of drug-likeness (QED) is 0.171. The number of benzene rings is 8. The average molecular weight is 733 g/mol. The van der Waals surface area contributed by atoms with Crippen LogP contribution in [0.5, 0.6) is 0 Å². The molecule has 8 aromatic carbocycles. The lowest BCUT2D eigenvalue weighted by Gasteiger charge is -2.14. The Labute approximate surface area is 327 Å². The summed E-state index contributed by atoms with van der Waals surface area (Å²) in [5, 5.41) is 4.80. The van der Waals surface area contributed by atoms with Crippen molar-refractivity contribution in [2.45, 2.75) is 0 Å². The van der Waals surface area contributed by atoms with E-state index < -0.39 is 0 Å². The molecular weight excluding hydrogens is 701 g/mol. The molecule has 56 heavy (non-hydrogen) atoms. The number of thiophene rings is 1. The van der Waals surface area contributed by atoms with Crippen LogP contribution in [0, 0.1) is 0 Å². The second-order valence-corrected chi connectivity index (χ2v) is 15.1. The maximum atomic E-state index is 5.11. The molecule has 0 saturated carbocycles. The predicted octanol–water partition coefficient (Wildman–Crippen LogP) is 13.7. The summed E-state index contributed by atoms with van der Waals surface area (Å²) >= 11 is 1.81. The Morgan fingerprint density at radius 1 is 0.357 bits per heavy atom. The fraction of sp³-hybridized carbons (Fsp3) is 0. The summed E-state index contributed by atoms with van der Waals surface area (Å²) in [5.74, 6) is 1.98. The largest absolute Gasteiger partial charge is 0.309 e. The van der Waals surface area contributed by atoms with Crippen LogP contribution in [0.25, 0.3) is 104 Å². The van der Waals surface area contributed by atoms with E-state index in [9.17, 15) is 0 Å². The van der Waals surface area contributed by atoms with Gasteiger partial charge in [0.15, 0.2) is 17.5 Å². The number of nitrogens with zero attached hydrogens (tertiary/aromatic N) is 4. The van der Waals surface area contributed by atoms with Crippen molar-refractivity contribution >= 4 is 53.3 Å². The Hall–Kier alpha value is -7.21. The van der Waals surface area contributed by atoms with E-state index in [-0.39, 0.29) is 0 Å². The first-order valence-corrected chi connectivity index (χ1v) is 19.6. The van der Waals surface area contributed by atoms with Gasteiger partial charge in [-0.3, -0.25) is 0 Å². The van der Waals surface area contributed by atoms with Gasteiger partial charge in [-0.1, -0.05) is 158 Å². The number of hydrogen-bond donors (Lipinski definition) is 0. The van der Waals surface area contributed by atoms with Gasteiger partial charge in [0.25, 0.3) is 0 Å². The minimum Gasteiger partial charge on any atom is -0.309 e. The van der Waals surface area contributed by atoms with Gasteiger partial charge in [-0.25, -0.2) is 15.0 Å². The molecule has 0 spiro atoms. The van der Waals surface area contributed by atoms with Crippen molar-refractivity contribution < 1.29 is 0 Å². The molecule has 0 radical (unpaired) electrons. The second kappa shape index (κ2) is 13.3. The topological polar surface area (TPSA) is 43.6 Å². The minimum absolute atomic E-state index is 0.657. The summed E-state index contributed by atoms with van der Waals surface area (Å²) < 4.78 is 4.85. The third kappa shape index (κ3) is 5.40. The van der Waals surface area contributed by atoms with E-state index >= 15 is 0 Å². The molecule has 11 aromatic rings. The molecule has 0 atom stereocenters. The van der Waals surface area contributed by atoms with Gasteiger partial charge < -0.3 is 4.57 Å². The second-order valence-electron chi connectivity index (χ2n) is 14.0. The Morgan fingerprint density at radius 2 is 0.946 bits per heavy atom. The van der Waals surface area contributed by atoms with Crippen LogP contribution in [0.3, 0.4) is 0 Å². The molecule has 0 N–H and O–H groups in total. The van der Waals surface area contributed by atoms with Gasteiger partial charge in [0, 0.05) is 58.9 Å². The van der Waals surface area contributed by atoms with Crippen LogP contribution in [0.4, 0.5) is 0 Å². The maximum Gasteiger partial charge on any atom is 0.164 e.